The summed E-state index contributed by atoms with van der Waals surface area (Å²) < 4.78 is 5.86. The molecule has 7 heteroatoms. The summed E-state index contributed by atoms with van der Waals surface area (Å²) in [6.45, 7) is 0.276. The van der Waals surface area contributed by atoms with Crippen LogP contribution in [-0.2, 0) is 10.5 Å². The van der Waals surface area contributed by atoms with E-state index in [1.807, 2.05) is 48.5 Å². The number of hydroxylamine groups is 1. The van der Waals surface area contributed by atoms with Gasteiger partial charge in [-0.25, -0.2) is 5.48 Å². The lowest BCUT2D eigenvalue weighted by molar-refractivity contribution is -0.117. The van der Waals surface area contributed by atoms with Gasteiger partial charge in [0.15, 0.2) is 0 Å². The molecule has 0 spiro atoms. The van der Waals surface area contributed by atoms with Gasteiger partial charge >= 0.3 is 0 Å². The molecule has 3 N–H and O–H groups in total. The molecule has 1 atom stereocenters. The zero-order valence-corrected chi connectivity index (χ0v) is 18.8. The van der Waals surface area contributed by atoms with Crippen LogP contribution >= 0.6 is 11.8 Å². The Morgan fingerprint density at radius 1 is 0.939 bits per heavy atom. The van der Waals surface area contributed by atoms with Crippen molar-refractivity contribution in [3.8, 4) is 5.75 Å². The molecule has 3 rings (SSSR count). The zero-order valence-electron chi connectivity index (χ0n) is 18.0. The largest absolute Gasteiger partial charge is 0.491 e. The molecular formula is C26H26N2O4S. The number of benzene rings is 3. The van der Waals surface area contributed by atoms with Crippen molar-refractivity contribution < 1.29 is 19.5 Å². The normalized spacial score (nSPS) is 11.7. The Balaban J connectivity index is 1.58. The number of rotatable bonds is 11. The van der Waals surface area contributed by atoms with Crippen LogP contribution in [0.3, 0.4) is 0 Å². The highest BCUT2D eigenvalue weighted by Gasteiger charge is 2.13. The molecule has 33 heavy (non-hydrogen) atoms. The highest BCUT2D eigenvalue weighted by atomic mass is 32.2. The zero-order chi connectivity index (χ0) is 23.3. The summed E-state index contributed by atoms with van der Waals surface area (Å²) in [4.78, 5) is 23.9. The number of hydrogen-bond donors (Lipinski definition) is 3. The molecule has 0 radical (unpaired) electrons. The van der Waals surface area contributed by atoms with Crippen LogP contribution in [0, 0.1) is 0 Å². The average Bonchev–Trinajstić information content (AvgIpc) is 2.87. The lowest BCUT2D eigenvalue weighted by Crippen LogP contribution is -2.40. The van der Waals surface area contributed by atoms with Crippen molar-refractivity contribution >= 4 is 29.7 Å². The molecule has 1 unspecified atom stereocenters. The molecule has 6 nitrogen and oxygen atoms in total. The maximum atomic E-state index is 12.5. The fraction of sp³-hybridized carbons (Fsp3) is 0.154. The summed E-state index contributed by atoms with van der Waals surface area (Å²) in [5.41, 5.74) is 4.08. The first-order valence-electron chi connectivity index (χ1n) is 10.5. The molecule has 3 aromatic rings. The first kappa shape index (κ1) is 24.1. The number of amides is 2. The van der Waals surface area contributed by atoms with Gasteiger partial charge in [-0.15, -0.1) is 0 Å². The van der Waals surface area contributed by atoms with Crippen LogP contribution in [0.4, 0.5) is 0 Å². The Morgan fingerprint density at radius 2 is 1.61 bits per heavy atom. The van der Waals surface area contributed by atoms with Gasteiger partial charge in [0.25, 0.3) is 5.91 Å². The smallest absolute Gasteiger partial charge is 0.274 e. The number of hydrogen-bond acceptors (Lipinski definition) is 5. The molecule has 0 aliphatic carbocycles. The van der Waals surface area contributed by atoms with E-state index in [4.69, 9.17) is 9.94 Å². The second kappa shape index (κ2) is 13.1. The van der Waals surface area contributed by atoms with Gasteiger partial charge in [0, 0.05) is 23.1 Å². The molecule has 0 fully saturated rings. The Hall–Kier alpha value is -3.55. The molecule has 3 aromatic carbocycles. The fourth-order valence-electron chi connectivity index (χ4n) is 2.97. The third-order valence-corrected chi connectivity index (χ3v) is 5.85. The second-order valence-electron chi connectivity index (χ2n) is 7.23. The molecule has 0 aliphatic rings. The second-order valence-corrected chi connectivity index (χ2v) is 8.26. The summed E-state index contributed by atoms with van der Waals surface area (Å²) >= 11 is 1.72. The third-order valence-electron chi connectivity index (χ3n) is 4.67. The number of thioether (sulfide) groups is 1. The Labute approximate surface area is 197 Å². The van der Waals surface area contributed by atoms with Crippen LogP contribution in [-0.4, -0.2) is 35.4 Å². The van der Waals surface area contributed by atoms with Crippen LogP contribution in [0.15, 0.2) is 91.0 Å². The number of ether oxygens (including phenoxy) is 1. The summed E-state index contributed by atoms with van der Waals surface area (Å²) in [5.74, 6) is 1.29. The maximum absolute atomic E-state index is 12.5. The van der Waals surface area contributed by atoms with Gasteiger partial charge in [-0.05, 0) is 41.5 Å². The van der Waals surface area contributed by atoms with E-state index in [0.717, 1.165) is 11.3 Å². The minimum absolute atomic E-state index is 0.192. The topological polar surface area (TPSA) is 87.7 Å². The van der Waals surface area contributed by atoms with E-state index < -0.39 is 5.91 Å². The van der Waals surface area contributed by atoms with Gasteiger partial charge in [0.2, 0.25) is 5.91 Å². The number of nitrogens with one attached hydrogen (secondary N) is 2. The summed E-state index contributed by atoms with van der Waals surface area (Å²) in [6, 6.07) is 26.0. The van der Waals surface area contributed by atoms with Crippen molar-refractivity contribution in [1.82, 2.24) is 10.8 Å². The predicted molar refractivity (Wildman–Crippen MR) is 131 cm³/mol. The first-order valence-corrected chi connectivity index (χ1v) is 11.6. The van der Waals surface area contributed by atoms with Gasteiger partial charge in [0.05, 0.1) is 6.04 Å². The molecule has 0 heterocycles. The van der Waals surface area contributed by atoms with Crippen LogP contribution in [0.25, 0.3) is 6.08 Å². The Bertz CT molecular complexity index is 1040. The van der Waals surface area contributed by atoms with Crippen LogP contribution < -0.4 is 15.5 Å². The van der Waals surface area contributed by atoms with E-state index >= 15 is 0 Å². The van der Waals surface area contributed by atoms with Gasteiger partial charge in [-0.3, -0.25) is 14.8 Å². The molecule has 0 bridgehead atoms. The molecule has 2 amide bonds. The summed E-state index contributed by atoms with van der Waals surface area (Å²) in [5, 5.41) is 11.7. The molecule has 0 saturated carbocycles. The monoisotopic (exact) mass is 462 g/mol. The van der Waals surface area contributed by atoms with E-state index in [1.54, 1.807) is 47.6 Å². The maximum Gasteiger partial charge on any atom is 0.274 e. The lowest BCUT2D eigenvalue weighted by atomic mass is 10.2. The van der Waals surface area contributed by atoms with Crippen molar-refractivity contribution in [3.05, 3.63) is 108 Å². The van der Waals surface area contributed by atoms with Gasteiger partial charge in [-0.2, -0.15) is 11.8 Å². The van der Waals surface area contributed by atoms with E-state index in [2.05, 4.69) is 17.4 Å². The Morgan fingerprint density at radius 3 is 2.27 bits per heavy atom. The van der Waals surface area contributed by atoms with Crippen LogP contribution in [0.2, 0.25) is 0 Å². The molecule has 0 aromatic heterocycles. The molecular weight excluding hydrogens is 436 g/mol. The standard InChI is InChI=1S/C26H26N2O4S/c29-25(16-11-20-7-3-1-4-8-20)27-23(19-33-18-21-9-5-2-6-10-21)17-32-24-14-12-22(13-15-24)26(30)28-31/h1-16,23,31H,17-19H2,(H,27,29)(H,28,30)/b16-11+. The first-order chi connectivity index (χ1) is 16.1. The van der Waals surface area contributed by atoms with Crippen molar-refractivity contribution in [2.24, 2.45) is 0 Å². The SMILES string of the molecule is O=C(/C=C/c1ccccc1)NC(COc1ccc(C(=O)NO)cc1)CSCc1ccccc1. The minimum atomic E-state index is -0.589. The van der Waals surface area contributed by atoms with Crippen molar-refractivity contribution in [1.29, 1.82) is 0 Å². The van der Waals surface area contributed by atoms with Crippen molar-refractivity contribution in [3.63, 3.8) is 0 Å². The molecule has 0 aliphatic heterocycles. The van der Waals surface area contributed by atoms with Crippen LogP contribution in [0.1, 0.15) is 21.5 Å². The number of carbonyl (C=O) groups excluding carboxylic acids is 2. The lowest BCUT2D eigenvalue weighted by Gasteiger charge is -2.18. The summed E-state index contributed by atoms with van der Waals surface area (Å²) in [7, 11) is 0. The average molecular weight is 463 g/mol. The quantitative estimate of drug-likeness (QED) is 0.224. The van der Waals surface area contributed by atoms with E-state index in [9.17, 15) is 9.59 Å². The minimum Gasteiger partial charge on any atom is -0.491 e. The van der Waals surface area contributed by atoms with Crippen molar-refractivity contribution in [2.45, 2.75) is 11.8 Å². The molecule has 170 valence electrons. The van der Waals surface area contributed by atoms with Crippen LogP contribution in [0.5, 0.6) is 5.75 Å². The summed E-state index contributed by atoms with van der Waals surface area (Å²) in [6.07, 6.45) is 3.29. The van der Waals surface area contributed by atoms with Gasteiger partial charge in [0.1, 0.15) is 12.4 Å². The van der Waals surface area contributed by atoms with Gasteiger partial charge in [-0.1, -0.05) is 60.7 Å². The number of carbonyl (C=O) groups is 2. The molecule has 0 saturated heterocycles. The van der Waals surface area contributed by atoms with Crippen molar-refractivity contribution in [2.75, 3.05) is 12.4 Å². The van der Waals surface area contributed by atoms with E-state index in [-0.39, 0.29) is 18.6 Å². The van der Waals surface area contributed by atoms with E-state index in [1.165, 1.54) is 11.6 Å². The highest BCUT2D eigenvalue weighted by Crippen LogP contribution is 2.16. The third kappa shape index (κ3) is 8.48. The fourth-order valence-corrected chi connectivity index (χ4v) is 3.98. The van der Waals surface area contributed by atoms with Gasteiger partial charge < -0.3 is 10.1 Å². The highest BCUT2D eigenvalue weighted by molar-refractivity contribution is 7.98. The van der Waals surface area contributed by atoms with E-state index in [0.29, 0.717) is 17.1 Å². The predicted octanol–water partition coefficient (Wildman–Crippen LogP) is 4.32. The Kier molecular flexibility index (Phi) is 9.57.